The number of halogens is 4. The molecular weight excluding hydrogens is 399 g/mol. The molecule has 2 aromatic carbocycles. The average molecular weight is 416 g/mol. The predicted molar refractivity (Wildman–Crippen MR) is 98.1 cm³/mol. The molecule has 3 rings (SSSR count). The van der Waals surface area contributed by atoms with Gasteiger partial charge >= 0.3 is 0 Å². The zero-order valence-electron chi connectivity index (χ0n) is 14.5. The fourth-order valence-corrected chi connectivity index (χ4v) is 3.25. The number of nitro groups is 1. The molecule has 0 bridgehead atoms. The number of piperidine rings is 1. The van der Waals surface area contributed by atoms with E-state index in [0.717, 1.165) is 30.3 Å². The van der Waals surface area contributed by atoms with Crippen molar-refractivity contribution in [2.75, 3.05) is 13.1 Å². The van der Waals surface area contributed by atoms with E-state index in [0.29, 0.717) is 25.1 Å². The van der Waals surface area contributed by atoms with Crippen molar-refractivity contribution in [3.63, 3.8) is 0 Å². The maximum Gasteiger partial charge on any atom is 0.282 e. The molecule has 0 aliphatic carbocycles. The lowest BCUT2D eigenvalue weighted by atomic mass is 9.85. The summed E-state index contributed by atoms with van der Waals surface area (Å²) in [5.74, 6) is -3.86. The molecule has 1 amide bonds. The second kappa shape index (κ2) is 9.03. The fraction of sp³-hybridized carbons (Fsp3) is 0.278. The smallest absolute Gasteiger partial charge is 0.282 e. The van der Waals surface area contributed by atoms with E-state index in [1.165, 1.54) is 6.07 Å². The molecule has 150 valence electrons. The van der Waals surface area contributed by atoms with Crippen LogP contribution in [0.5, 0.6) is 0 Å². The van der Waals surface area contributed by atoms with E-state index in [2.05, 4.69) is 10.6 Å². The summed E-state index contributed by atoms with van der Waals surface area (Å²) < 4.78 is 40.3. The number of rotatable bonds is 4. The first-order chi connectivity index (χ1) is 12.9. The first kappa shape index (κ1) is 21.6. The predicted octanol–water partition coefficient (Wildman–Crippen LogP) is 3.31. The van der Waals surface area contributed by atoms with Crippen molar-refractivity contribution in [3.05, 3.63) is 75.1 Å². The summed E-state index contributed by atoms with van der Waals surface area (Å²) in [6.07, 6.45) is 0.543. The Labute approximate surface area is 164 Å². The summed E-state index contributed by atoms with van der Waals surface area (Å²) in [5, 5.41) is 16.8. The summed E-state index contributed by atoms with van der Waals surface area (Å²) in [5.41, 5.74) is -0.397. The van der Waals surface area contributed by atoms with Crippen LogP contribution >= 0.6 is 12.4 Å². The van der Waals surface area contributed by atoms with Crippen LogP contribution in [0, 0.1) is 27.6 Å². The van der Waals surface area contributed by atoms with E-state index in [-0.39, 0.29) is 18.3 Å². The summed E-state index contributed by atoms with van der Waals surface area (Å²) in [7, 11) is 0. The third-order valence-corrected chi connectivity index (χ3v) is 4.57. The number of carbonyl (C=O) groups is 1. The van der Waals surface area contributed by atoms with E-state index >= 15 is 0 Å². The van der Waals surface area contributed by atoms with Crippen LogP contribution in [0.4, 0.5) is 18.9 Å². The Kier molecular flexibility index (Phi) is 6.98. The number of amides is 1. The number of nitrogens with zero attached hydrogens (tertiary/aromatic N) is 1. The number of hydrogen-bond acceptors (Lipinski definition) is 4. The molecule has 2 aromatic rings. The number of carbonyl (C=O) groups excluding carboxylic acids is 1. The van der Waals surface area contributed by atoms with Crippen LogP contribution in [-0.2, 0) is 0 Å². The topological polar surface area (TPSA) is 84.3 Å². The zero-order valence-corrected chi connectivity index (χ0v) is 15.3. The molecule has 0 saturated carbocycles. The highest BCUT2D eigenvalue weighted by molar-refractivity contribution is 5.98. The van der Waals surface area contributed by atoms with Crippen LogP contribution in [0.3, 0.4) is 0 Å². The van der Waals surface area contributed by atoms with Gasteiger partial charge in [0, 0.05) is 24.6 Å². The van der Waals surface area contributed by atoms with Crippen LogP contribution in [0.15, 0.2) is 36.4 Å². The largest absolute Gasteiger partial charge is 0.347 e. The minimum atomic E-state index is -0.989. The normalized spacial score (nSPS) is 18.8. The van der Waals surface area contributed by atoms with Crippen molar-refractivity contribution in [2.24, 2.45) is 0 Å². The molecule has 0 radical (unpaired) electrons. The molecule has 1 aliphatic heterocycles. The maximum atomic E-state index is 13.6. The SMILES string of the molecule is Cl.O=C(NC1CNCCC1c1ccc(F)c(F)c1)c1cc(F)ccc1[N+](=O)[O-]. The van der Waals surface area contributed by atoms with Crippen molar-refractivity contribution in [2.45, 2.75) is 18.4 Å². The lowest BCUT2D eigenvalue weighted by Crippen LogP contribution is -2.50. The van der Waals surface area contributed by atoms with Crippen molar-refractivity contribution < 1.29 is 22.9 Å². The van der Waals surface area contributed by atoms with Gasteiger partial charge in [-0.3, -0.25) is 14.9 Å². The van der Waals surface area contributed by atoms with Gasteiger partial charge in [0.25, 0.3) is 11.6 Å². The summed E-state index contributed by atoms with van der Waals surface area (Å²) >= 11 is 0. The highest BCUT2D eigenvalue weighted by Gasteiger charge is 2.30. The third-order valence-electron chi connectivity index (χ3n) is 4.57. The van der Waals surface area contributed by atoms with Gasteiger partial charge in [-0.1, -0.05) is 6.07 Å². The standard InChI is InChI=1S/C18H16F3N3O3.ClH/c19-11-2-4-17(24(26)27)13(8-11)18(25)23-16-9-22-6-5-12(16)10-1-3-14(20)15(21)7-10;/h1-4,7-8,12,16,22H,5-6,9H2,(H,23,25);1H. The zero-order chi connectivity index (χ0) is 19.6. The van der Waals surface area contributed by atoms with Crippen molar-refractivity contribution in [1.29, 1.82) is 0 Å². The third kappa shape index (κ3) is 4.60. The van der Waals surface area contributed by atoms with E-state index < -0.39 is 45.6 Å². The quantitative estimate of drug-likeness (QED) is 0.592. The molecule has 0 spiro atoms. The number of hydrogen-bond donors (Lipinski definition) is 2. The number of benzene rings is 2. The number of nitrogens with one attached hydrogen (secondary N) is 2. The molecule has 1 fully saturated rings. The summed E-state index contributed by atoms with van der Waals surface area (Å²) in [4.78, 5) is 22.9. The summed E-state index contributed by atoms with van der Waals surface area (Å²) in [6.45, 7) is 0.939. The highest BCUT2D eigenvalue weighted by Crippen LogP contribution is 2.28. The first-order valence-electron chi connectivity index (χ1n) is 8.27. The van der Waals surface area contributed by atoms with Gasteiger partial charge in [0.1, 0.15) is 11.4 Å². The number of nitro benzene ring substituents is 1. The van der Waals surface area contributed by atoms with Crippen molar-refractivity contribution >= 4 is 24.0 Å². The van der Waals surface area contributed by atoms with Gasteiger partial charge in [-0.15, -0.1) is 12.4 Å². The highest BCUT2D eigenvalue weighted by atomic mass is 35.5. The molecule has 10 heteroatoms. The Morgan fingerprint density at radius 1 is 1.14 bits per heavy atom. The van der Waals surface area contributed by atoms with E-state index in [9.17, 15) is 28.1 Å². The molecule has 28 heavy (non-hydrogen) atoms. The monoisotopic (exact) mass is 415 g/mol. The molecule has 2 unspecified atom stereocenters. The lowest BCUT2D eigenvalue weighted by molar-refractivity contribution is -0.385. The van der Waals surface area contributed by atoms with Crippen LogP contribution in [-0.4, -0.2) is 30.0 Å². The van der Waals surface area contributed by atoms with Gasteiger partial charge in [0.15, 0.2) is 11.6 Å². The Bertz CT molecular complexity index is 898. The Morgan fingerprint density at radius 2 is 1.89 bits per heavy atom. The van der Waals surface area contributed by atoms with Gasteiger partial charge < -0.3 is 10.6 Å². The van der Waals surface area contributed by atoms with Gasteiger partial charge in [0.2, 0.25) is 0 Å². The molecule has 1 aliphatic rings. The minimum Gasteiger partial charge on any atom is -0.347 e. The molecule has 1 saturated heterocycles. The van der Waals surface area contributed by atoms with E-state index in [1.54, 1.807) is 0 Å². The van der Waals surface area contributed by atoms with Crippen LogP contribution in [0.1, 0.15) is 28.3 Å². The van der Waals surface area contributed by atoms with E-state index in [4.69, 9.17) is 0 Å². The van der Waals surface area contributed by atoms with Crippen molar-refractivity contribution in [3.8, 4) is 0 Å². The minimum absolute atomic E-state index is 0. The van der Waals surface area contributed by atoms with Crippen LogP contribution in [0.2, 0.25) is 0 Å². The maximum absolute atomic E-state index is 13.6. The average Bonchev–Trinajstić information content (AvgIpc) is 2.64. The molecule has 0 aromatic heterocycles. The Balaban J connectivity index is 0.00000280. The molecule has 6 nitrogen and oxygen atoms in total. The van der Waals surface area contributed by atoms with Crippen molar-refractivity contribution in [1.82, 2.24) is 10.6 Å². The second-order valence-electron chi connectivity index (χ2n) is 6.27. The van der Waals surface area contributed by atoms with Gasteiger partial charge in [-0.05, 0) is 42.8 Å². The molecule has 2 atom stereocenters. The lowest BCUT2D eigenvalue weighted by Gasteiger charge is -2.33. The van der Waals surface area contributed by atoms with Crippen LogP contribution < -0.4 is 10.6 Å². The summed E-state index contributed by atoms with van der Waals surface area (Å²) in [6, 6.07) is 5.64. The fourth-order valence-electron chi connectivity index (χ4n) is 3.25. The van der Waals surface area contributed by atoms with E-state index in [1.807, 2.05) is 0 Å². The second-order valence-corrected chi connectivity index (χ2v) is 6.27. The Morgan fingerprint density at radius 3 is 2.57 bits per heavy atom. The molecule has 1 heterocycles. The van der Waals surface area contributed by atoms with Gasteiger partial charge in [-0.25, -0.2) is 13.2 Å². The van der Waals surface area contributed by atoms with Gasteiger partial charge in [-0.2, -0.15) is 0 Å². The van der Waals surface area contributed by atoms with Crippen LogP contribution in [0.25, 0.3) is 0 Å². The first-order valence-corrected chi connectivity index (χ1v) is 8.27. The van der Waals surface area contributed by atoms with Gasteiger partial charge in [0.05, 0.1) is 4.92 Å². The Hall–Kier alpha value is -2.65. The molecule has 2 N–H and O–H groups in total. The molecular formula is C18H17ClF3N3O3.